The van der Waals surface area contributed by atoms with Gasteiger partial charge in [0.1, 0.15) is 0 Å². The summed E-state index contributed by atoms with van der Waals surface area (Å²) in [7, 11) is 0. The second-order valence-electron chi connectivity index (χ2n) is 6.65. The van der Waals surface area contributed by atoms with E-state index in [-0.39, 0.29) is 17.5 Å². The Bertz CT molecular complexity index is 1280. The molecule has 0 unspecified atom stereocenters. The molecule has 0 aliphatic rings. The molecule has 160 valence electrons. The molecule has 32 heavy (non-hydrogen) atoms. The molecular formula is C22H16ClN5O4. The van der Waals surface area contributed by atoms with Gasteiger partial charge < -0.3 is 9.73 Å². The summed E-state index contributed by atoms with van der Waals surface area (Å²) >= 11 is 5.92. The second kappa shape index (κ2) is 9.27. The van der Waals surface area contributed by atoms with Gasteiger partial charge in [-0.3, -0.25) is 14.9 Å². The topological polar surface area (TPSA) is 116 Å². The van der Waals surface area contributed by atoms with Gasteiger partial charge in [-0.1, -0.05) is 35.9 Å². The summed E-state index contributed by atoms with van der Waals surface area (Å²) in [5.41, 5.74) is 1.38. The lowest BCUT2D eigenvalue weighted by Crippen LogP contribution is -2.14. The van der Waals surface area contributed by atoms with Crippen LogP contribution < -0.4 is 5.32 Å². The van der Waals surface area contributed by atoms with E-state index in [1.807, 2.05) is 12.1 Å². The summed E-state index contributed by atoms with van der Waals surface area (Å²) in [6, 6.07) is 16.6. The molecule has 0 saturated heterocycles. The fourth-order valence-electron chi connectivity index (χ4n) is 2.85. The average Bonchev–Trinajstić information content (AvgIpc) is 3.47. The van der Waals surface area contributed by atoms with Gasteiger partial charge in [-0.15, -0.1) is 5.10 Å². The number of rotatable bonds is 7. The fourth-order valence-corrected chi connectivity index (χ4v) is 2.98. The summed E-state index contributed by atoms with van der Waals surface area (Å²) in [4.78, 5) is 27.7. The van der Waals surface area contributed by atoms with Crippen molar-refractivity contribution in [3.8, 4) is 11.6 Å². The molecule has 0 saturated carbocycles. The third-order valence-corrected chi connectivity index (χ3v) is 4.67. The normalized spacial score (nSPS) is 11.0. The van der Waals surface area contributed by atoms with E-state index in [2.05, 4.69) is 15.4 Å². The Hall–Kier alpha value is -4.24. The number of carbonyl (C=O) groups is 1. The standard InChI is InChI=1S/C22H16ClN5O4/c23-17-9-6-16(7-10-17)14-24-22-25-21(19-5-2-12-32-19)26-27(22)20(29)11-8-15-3-1-4-18(13-15)28(30)31/h1-13H,14H2,(H,24,25,26). The van der Waals surface area contributed by atoms with Crippen LogP contribution in [0.4, 0.5) is 11.6 Å². The van der Waals surface area contributed by atoms with Crippen LogP contribution in [0.25, 0.3) is 17.7 Å². The zero-order chi connectivity index (χ0) is 22.5. The third kappa shape index (κ3) is 4.90. The van der Waals surface area contributed by atoms with E-state index in [4.69, 9.17) is 16.0 Å². The Balaban J connectivity index is 1.59. The summed E-state index contributed by atoms with van der Waals surface area (Å²) in [6.45, 7) is 0.384. The van der Waals surface area contributed by atoms with Gasteiger partial charge in [0.05, 0.1) is 11.2 Å². The van der Waals surface area contributed by atoms with Crippen LogP contribution >= 0.6 is 11.6 Å². The molecule has 4 rings (SSSR count). The van der Waals surface area contributed by atoms with Crippen molar-refractivity contribution in [3.05, 3.63) is 99.3 Å². The number of allylic oxidation sites excluding steroid dienone is 1. The van der Waals surface area contributed by atoms with E-state index in [1.165, 1.54) is 30.5 Å². The number of benzene rings is 2. The first-order valence-electron chi connectivity index (χ1n) is 9.46. The molecular weight excluding hydrogens is 434 g/mol. The monoisotopic (exact) mass is 449 g/mol. The first-order valence-corrected chi connectivity index (χ1v) is 9.83. The number of nitrogens with zero attached hydrogens (tertiary/aromatic N) is 4. The average molecular weight is 450 g/mol. The highest BCUT2D eigenvalue weighted by Crippen LogP contribution is 2.20. The minimum Gasteiger partial charge on any atom is -0.461 e. The van der Waals surface area contributed by atoms with Gasteiger partial charge in [0.25, 0.3) is 11.6 Å². The number of aromatic nitrogens is 3. The van der Waals surface area contributed by atoms with Crippen molar-refractivity contribution in [1.29, 1.82) is 0 Å². The molecule has 0 aliphatic heterocycles. The van der Waals surface area contributed by atoms with Gasteiger partial charge in [0.2, 0.25) is 11.8 Å². The Morgan fingerprint density at radius 1 is 1.19 bits per heavy atom. The van der Waals surface area contributed by atoms with Crippen LogP contribution in [0.1, 0.15) is 15.9 Å². The number of furan rings is 1. The summed E-state index contributed by atoms with van der Waals surface area (Å²) in [5.74, 6) is 0.389. The molecule has 4 aromatic rings. The van der Waals surface area contributed by atoms with E-state index >= 15 is 0 Å². The van der Waals surface area contributed by atoms with E-state index < -0.39 is 10.8 Å². The van der Waals surface area contributed by atoms with Crippen LogP contribution in [0.2, 0.25) is 5.02 Å². The van der Waals surface area contributed by atoms with Gasteiger partial charge in [0, 0.05) is 29.8 Å². The predicted octanol–water partition coefficient (Wildman–Crippen LogP) is 5.07. The highest BCUT2D eigenvalue weighted by atomic mass is 35.5. The van der Waals surface area contributed by atoms with Gasteiger partial charge in [-0.25, -0.2) is 0 Å². The first-order chi connectivity index (χ1) is 15.5. The lowest BCUT2D eigenvalue weighted by Gasteiger charge is -2.06. The number of hydrogen-bond acceptors (Lipinski definition) is 7. The van der Waals surface area contributed by atoms with Crippen LogP contribution in [-0.4, -0.2) is 25.6 Å². The SMILES string of the molecule is O=C(C=Cc1cccc([N+](=O)[O-])c1)n1nc(-c2ccco2)nc1NCc1ccc(Cl)cc1. The molecule has 0 spiro atoms. The molecule has 2 aromatic heterocycles. The largest absolute Gasteiger partial charge is 0.461 e. The van der Waals surface area contributed by atoms with E-state index in [0.29, 0.717) is 22.9 Å². The highest BCUT2D eigenvalue weighted by Gasteiger charge is 2.17. The van der Waals surface area contributed by atoms with Crippen LogP contribution in [0.5, 0.6) is 0 Å². The molecule has 1 N–H and O–H groups in total. The van der Waals surface area contributed by atoms with Gasteiger partial charge in [-0.05, 0) is 41.5 Å². The third-order valence-electron chi connectivity index (χ3n) is 4.42. The van der Waals surface area contributed by atoms with Crippen molar-refractivity contribution in [2.75, 3.05) is 5.32 Å². The fraction of sp³-hybridized carbons (Fsp3) is 0.0455. The van der Waals surface area contributed by atoms with Gasteiger partial charge in [0.15, 0.2) is 5.76 Å². The van der Waals surface area contributed by atoms with E-state index in [0.717, 1.165) is 10.2 Å². The van der Waals surface area contributed by atoms with Crippen LogP contribution in [0.3, 0.4) is 0 Å². The maximum absolute atomic E-state index is 12.8. The van der Waals surface area contributed by atoms with Crippen LogP contribution in [-0.2, 0) is 6.54 Å². The summed E-state index contributed by atoms with van der Waals surface area (Å²) in [6.07, 6.45) is 4.24. The van der Waals surface area contributed by atoms with Gasteiger partial charge >= 0.3 is 0 Å². The van der Waals surface area contributed by atoms with Gasteiger partial charge in [-0.2, -0.15) is 9.67 Å². The molecule has 0 bridgehead atoms. The Morgan fingerprint density at radius 2 is 2.00 bits per heavy atom. The number of nitro groups is 1. The number of hydrogen-bond donors (Lipinski definition) is 1. The molecule has 2 aromatic carbocycles. The molecule has 2 heterocycles. The first kappa shape index (κ1) is 21.0. The number of nitro benzene ring substituents is 1. The summed E-state index contributed by atoms with van der Waals surface area (Å²) < 4.78 is 6.45. The minimum absolute atomic E-state index is 0.0641. The summed E-state index contributed by atoms with van der Waals surface area (Å²) in [5, 5.41) is 18.9. The zero-order valence-corrected chi connectivity index (χ0v) is 17.3. The zero-order valence-electron chi connectivity index (χ0n) is 16.5. The van der Waals surface area contributed by atoms with E-state index in [9.17, 15) is 14.9 Å². The van der Waals surface area contributed by atoms with E-state index in [1.54, 1.807) is 36.4 Å². The molecule has 0 amide bonds. The van der Waals surface area contributed by atoms with Crippen molar-refractivity contribution >= 4 is 35.2 Å². The van der Waals surface area contributed by atoms with Crippen LogP contribution in [0, 0.1) is 10.1 Å². The van der Waals surface area contributed by atoms with Crippen LogP contribution in [0.15, 0.2) is 77.4 Å². The van der Waals surface area contributed by atoms with Crippen molar-refractivity contribution in [2.24, 2.45) is 0 Å². The Kier molecular flexibility index (Phi) is 6.09. The molecule has 9 nitrogen and oxygen atoms in total. The lowest BCUT2D eigenvalue weighted by atomic mass is 10.2. The molecule has 10 heteroatoms. The predicted molar refractivity (Wildman–Crippen MR) is 119 cm³/mol. The highest BCUT2D eigenvalue weighted by molar-refractivity contribution is 6.30. The van der Waals surface area contributed by atoms with Crippen molar-refractivity contribution in [1.82, 2.24) is 14.8 Å². The molecule has 0 aliphatic carbocycles. The van der Waals surface area contributed by atoms with Crippen molar-refractivity contribution in [2.45, 2.75) is 6.54 Å². The quantitative estimate of drug-likeness (QED) is 0.238. The number of carbonyl (C=O) groups excluding carboxylic acids is 1. The smallest absolute Gasteiger partial charge is 0.274 e. The van der Waals surface area contributed by atoms with Crippen molar-refractivity contribution < 1.29 is 14.1 Å². The number of anilines is 1. The maximum Gasteiger partial charge on any atom is 0.274 e. The maximum atomic E-state index is 12.8. The Labute approximate surface area is 187 Å². The number of halogens is 1. The molecule has 0 fully saturated rings. The van der Waals surface area contributed by atoms with Crippen molar-refractivity contribution in [3.63, 3.8) is 0 Å². The molecule has 0 atom stereocenters. The molecule has 0 radical (unpaired) electrons. The minimum atomic E-state index is -0.495. The lowest BCUT2D eigenvalue weighted by molar-refractivity contribution is -0.384. The number of nitrogens with one attached hydrogen (secondary N) is 1. The second-order valence-corrected chi connectivity index (χ2v) is 7.09. The Morgan fingerprint density at radius 3 is 2.72 bits per heavy atom. The number of non-ortho nitro benzene ring substituents is 1.